The average molecular weight is 436 g/mol. The number of rotatable bonds is 9. The first-order chi connectivity index (χ1) is 14.0. The van der Waals surface area contributed by atoms with E-state index in [1.54, 1.807) is 20.3 Å². The number of hydrogen-bond acceptors (Lipinski definition) is 6. The van der Waals surface area contributed by atoms with Gasteiger partial charge in [-0.05, 0) is 30.7 Å². The number of benzene rings is 1. The van der Waals surface area contributed by atoms with Crippen LogP contribution in [0.3, 0.4) is 0 Å². The van der Waals surface area contributed by atoms with E-state index in [0.29, 0.717) is 35.6 Å². The first kappa shape index (κ1) is 21.2. The fourth-order valence-corrected chi connectivity index (χ4v) is 3.74. The molecule has 9 heteroatoms. The van der Waals surface area contributed by atoms with Crippen LogP contribution in [0.2, 0.25) is 5.15 Å². The largest absolute Gasteiger partial charge is 0.493 e. The second kappa shape index (κ2) is 9.78. The molecular formula is C20H22ClN3O4S. The van der Waals surface area contributed by atoms with E-state index in [9.17, 15) is 4.79 Å². The highest BCUT2D eigenvalue weighted by Gasteiger charge is 2.13. The molecule has 3 rings (SSSR count). The number of carbonyl (C=O) groups excluding carboxylic acids is 1. The molecule has 0 bridgehead atoms. The molecule has 29 heavy (non-hydrogen) atoms. The fraction of sp³-hybridized carbons (Fsp3) is 0.300. The molecule has 0 spiro atoms. The Balaban J connectivity index is 1.66. The molecule has 1 atom stereocenters. The number of thiazole rings is 1. The third-order valence-corrected chi connectivity index (χ3v) is 5.27. The van der Waals surface area contributed by atoms with Crippen molar-refractivity contribution in [1.82, 2.24) is 14.7 Å². The zero-order chi connectivity index (χ0) is 20.8. The summed E-state index contributed by atoms with van der Waals surface area (Å²) in [6, 6.07) is 5.33. The van der Waals surface area contributed by atoms with Crippen molar-refractivity contribution in [2.75, 3.05) is 27.4 Å². The molecule has 1 unspecified atom stereocenters. The van der Waals surface area contributed by atoms with Gasteiger partial charge in [0.1, 0.15) is 6.61 Å². The van der Waals surface area contributed by atoms with E-state index in [4.69, 9.17) is 25.8 Å². The van der Waals surface area contributed by atoms with Gasteiger partial charge in [0.25, 0.3) is 0 Å². The molecule has 0 aliphatic rings. The minimum atomic E-state index is -0.238. The van der Waals surface area contributed by atoms with E-state index >= 15 is 0 Å². The number of ether oxygens (including phenoxy) is 3. The number of imidazole rings is 1. The van der Waals surface area contributed by atoms with Crippen LogP contribution in [-0.2, 0) is 9.53 Å². The number of amides is 1. The minimum Gasteiger partial charge on any atom is -0.493 e. The highest BCUT2D eigenvalue weighted by Crippen LogP contribution is 2.30. The predicted octanol–water partition coefficient (Wildman–Crippen LogP) is 3.97. The Morgan fingerprint density at radius 2 is 2.17 bits per heavy atom. The number of halogens is 1. The lowest BCUT2D eigenvalue weighted by Gasteiger charge is -2.16. The quantitative estimate of drug-likeness (QED) is 0.406. The Labute approximate surface area is 177 Å². The number of carbonyl (C=O) groups is 1. The summed E-state index contributed by atoms with van der Waals surface area (Å²) in [7, 11) is 3.20. The van der Waals surface area contributed by atoms with Crippen LogP contribution in [0.15, 0.2) is 35.9 Å². The highest BCUT2D eigenvalue weighted by atomic mass is 35.5. The number of fused-ring (bicyclic) bond motifs is 1. The molecule has 154 valence electrons. The molecule has 0 radical (unpaired) electrons. The van der Waals surface area contributed by atoms with Gasteiger partial charge in [0.05, 0.1) is 25.5 Å². The lowest BCUT2D eigenvalue weighted by Crippen LogP contribution is -2.24. The monoisotopic (exact) mass is 435 g/mol. The van der Waals surface area contributed by atoms with Crippen LogP contribution < -0.4 is 14.8 Å². The number of nitrogens with one attached hydrogen (secondary N) is 1. The van der Waals surface area contributed by atoms with E-state index in [0.717, 1.165) is 10.5 Å². The third-order valence-electron chi connectivity index (χ3n) is 4.24. The molecule has 1 aromatic carbocycles. The van der Waals surface area contributed by atoms with Crippen molar-refractivity contribution in [2.24, 2.45) is 0 Å². The zero-order valence-corrected chi connectivity index (χ0v) is 17.9. The number of aromatic nitrogens is 2. The summed E-state index contributed by atoms with van der Waals surface area (Å²) >= 11 is 7.62. The number of hydrogen-bond donors (Lipinski definition) is 1. The topological polar surface area (TPSA) is 74.1 Å². The first-order valence-corrected chi connectivity index (χ1v) is 10.2. The van der Waals surface area contributed by atoms with Crippen LogP contribution in [0, 0.1) is 0 Å². The van der Waals surface area contributed by atoms with Gasteiger partial charge < -0.3 is 19.5 Å². The normalized spacial score (nSPS) is 12.4. The summed E-state index contributed by atoms with van der Waals surface area (Å²) in [4.78, 5) is 17.4. The molecule has 0 aliphatic heterocycles. The maximum atomic E-state index is 12.4. The van der Waals surface area contributed by atoms with Crippen molar-refractivity contribution in [3.63, 3.8) is 0 Å². The van der Waals surface area contributed by atoms with Crippen molar-refractivity contribution < 1.29 is 19.0 Å². The maximum Gasteiger partial charge on any atom is 0.244 e. The van der Waals surface area contributed by atoms with Gasteiger partial charge in [0.2, 0.25) is 5.91 Å². The van der Waals surface area contributed by atoms with Gasteiger partial charge in [-0.1, -0.05) is 17.7 Å². The summed E-state index contributed by atoms with van der Waals surface area (Å²) in [6.45, 7) is 2.81. The second-order valence-corrected chi connectivity index (χ2v) is 7.39. The third kappa shape index (κ3) is 5.09. The molecule has 3 aromatic rings. The Hall–Kier alpha value is -2.55. The maximum absolute atomic E-state index is 12.4. The fourth-order valence-electron chi connectivity index (χ4n) is 2.73. The summed E-state index contributed by atoms with van der Waals surface area (Å²) < 4.78 is 17.9. The Morgan fingerprint density at radius 3 is 2.93 bits per heavy atom. The van der Waals surface area contributed by atoms with Gasteiger partial charge in [-0.3, -0.25) is 9.20 Å². The second-order valence-electron chi connectivity index (χ2n) is 6.16. The molecule has 0 saturated carbocycles. The van der Waals surface area contributed by atoms with Crippen LogP contribution >= 0.6 is 22.9 Å². The Morgan fingerprint density at radius 1 is 1.34 bits per heavy atom. The van der Waals surface area contributed by atoms with Gasteiger partial charge in [0, 0.05) is 24.8 Å². The first-order valence-electron chi connectivity index (χ1n) is 8.92. The van der Waals surface area contributed by atoms with Crippen LogP contribution in [0.4, 0.5) is 0 Å². The van der Waals surface area contributed by atoms with Gasteiger partial charge >= 0.3 is 0 Å². The lowest BCUT2D eigenvalue weighted by atomic mass is 10.1. The van der Waals surface area contributed by atoms with Crippen LogP contribution in [-0.4, -0.2) is 42.7 Å². The smallest absolute Gasteiger partial charge is 0.244 e. The van der Waals surface area contributed by atoms with E-state index in [1.165, 1.54) is 17.4 Å². The molecule has 0 aliphatic carbocycles. The van der Waals surface area contributed by atoms with Crippen molar-refractivity contribution >= 4 is 39.9 Å². The van der Waals surface area contributed by atoms with Gasteiger partial charge in [-0.2, -0.15) is 0 Å². The number of nitrogens with zero attached hydrogens (tertiary/aromatic N) is 2. The van der Waals surface area contributed by atoms with Crippen molar-refractivity contribution in [2.45, 2.75) is 13.0 Å². The van der Waals surface area contributed by atoms with E-state index < -0.39 is 0 Å². The SMILES string of the molecule is COCCOc1ccc(C(C)NC(=O)C=Cc2c(Cl)nc3sccn23)cc1OC. The summed E-state index contributed by atoms with van der Waals surface area (Å²) in [5.41, 5.74) is 1.57. The molecule has 1 N–H and O–H groups in total. The van der Waals surface area contributed by atoms with Crippen molar-refractivity contribution in [3.8, 4) is 11.5 Å². The molecule has 2 heterocycles. The predicted molar refractivity (Wildman–Crippen MR) is 114 cm³/mol. The molecule has 1 amide bonds. The molecule has 0 fully saturated rings. The molecule has 2 aromatic heterocycles. The van der Waals surface area contributed by atoms with Gasteiger partial charge in [-0.25, -0.2) is 4.98 Å². The van der Waals surface area contributed by atoms with E-state index in [-0.39, 0.29) is 11.9 Å². The van der Waals surface area contributed by atoms with Crippen LogP contribution in [0.25, 0.3) is 11.0 Å². The minimum absolute atomic E-state index is 0.226. The molecule has 0 saturated heterocycles. The van der Waals surface area contributed by atoms with Crippen LogP contribution in [0.1, 0.15) is 24.2 Å². The van der Waals surface area contributed by atoms with Crippen molar-refractivity contribution in [3.05, 3.63) is 52.3 Å². The Kier molecular flexibility index (Phi) is 7.13. The molecular weight excluding hydrogens is 414 g/mol. The van der Waals surface area contributed by atoms with E-state index in [1.807, 2.05) is 41.1 Å². The average Bonchev–Trinajstić information content (AvgIpc) is 3.27. The molecule has 7 nitrogen and oxygen atoms in total. The summed E-state index contributed by atoms with van der Waals surface area (Å²) in [6.07, 6.45) is 4.97. The summed E-state index contributed by atoms with van der Waals surface area (Å²) in [5, 5.41) is 5.21. The van der Waals surface area contributed by atoms with Crippen molar-refractivity contribution in [1.29, 1.82) is 0 Å². The highest BCUT2D eigenvalue weighted by molar-refractivity contribution is 7.15. The Bertz CT molecular complexity index is 1010. The number of methoxy groups -OCH3 is 2. The van der Waals surface area contributed by atoms with Gasteiger partial charge in [0.15, 0.2) is 21.6 Å². The van der Waals surface area contributed by atoms with E-state index in [2.05, 4.69) is 10.3 Å². The van der Waals surface area contributed by atoms with Gasteiger partial charge in [-0.15, -0.1) is 11.3 Å². The lowest BCUT2D eigenvalue weighted by molar-refractivity contribution is -0.117. The summed E-state index contributed by atoms with van der Waals surface area (Å²) in [5.74, 6) is 0.987. The standard InChI is InChI=1S/C20H22ClN3O4S/c1-13(14-4-6-16(17(12-14)27-3)28-10-9-26-2)22-18(25)7-5-15-19(21)23-20-24(15)8-11-29-20/h4-8,11-13H,9-10H2,1-3H3,(H,22,25). The zero-order valence-electron chi connectivity index (χ0n) is 16.3. The van der Waals surface area contributed by atoms with Crippen LogP contribution in [0.5, 0.6) is 11.5 Å².